The van der Waals surface area contributed by atoms with Gasteiger partial charge in [-0.15, -0.1) is 0 Å². The van der Waals surface area contributed by atoms with E-state index in [0.29, 0.717) is 43.7 Å². The van der Waals surface area contributed by atoms with Crippen LogP contribution in [-0.4, -0.2) is 146 Å². The number of methoxy groups -OCH3 is 2. The number of ether oxygens (including phenoxy) is 2. The Morgan fingerprint density at radius 2 is 1.30 bits per heavy atom. The predicted molar refractivity (Wildman–Crippen MR) is 254 cm³/mol. The summed E-state index contributed by atoms with van der Waals surface area (Å²) in [6.07, 6.45) is 6.75. The number of allylic oxidation sites excluding steroid dienone is 5. The van der Waals surface area contributed by atoms with Crippen molar-refractivity contribution in [3.05, 3.63) is 93.6 Å². The number of esters is 2. The number of fused-ring (bicyclic) bond motifs is 11. The Hall–Kier alpha value is -6.12. The van der Waals surface area contributed by atoms with Crippen molar-refractivity contribution in [2.45, 2.75) is 58.8 Å². The zero-order chi connectivity index (χ0) is 46.8. The van der Waals surface area contributed by atoms with Gasteiger partial charge in [-0.1, -0.05) is 24.8 Å². The maximum Gasteiger partial charge on any atom is 0.334 e. The van der Waals surface area contributed by atoms with Gasteiger partial charge in [0.15, 0.2) is 0 Å². The van der Waals surface area contributed by atoms with Gasteiger partial charge in [0.05, 0.1) is 48.0 Å². The summed E-state index contributed by atoms with van der Waals surface area (Å²) in [5, 5.41) is 0. The number of nitrogens with one attached hydrogen (secondary N) is 2. The number of carbonyl (C=O) groups excluding carboxylic acids is 4. The van der Waals surface area contributed by atoms with Crippen molar-refractivity contribution in [2.75, 3.05) is 82.7 Å². The highest BCUT2D eigenvalue weighted by Crippen LogP contribution is 2.52. The quantitative estimate of drug-likeness (QED) is 0.162. The first-order chi connectivity index (χ1) is 30.3. The molecule has 3 aliphatic rings. The third kappa shape index (κ3) is 9.25. The Balaban J connectivity index is 1.65. The molecule has 64 heavy (non-hydrogen) atoms. The van der Waals surface area contributed by atoms with Gasteiger partial charge in [0.2, 0.25) is 11.8 Å². The summed E-state index contributed by atoms with van der Waals surface area (Å²) in [5.74, 6) is -2.25. The first-order valence-corrected chi connectivity index (χ1v) is 21.8. The number of likely N-dealkylation sites (N-methyl/N-ethyl adjacent to an activating group) is 4. The van der Waals surface area contributed by atoms with Gasteiger partial charge in [-0.25, -0.2) is 9.78 Å². The van der Waals surface area contributed by atoms with Crippen LogP contribution in [0.3, 0.4) is 0 Å². The van der Waals surface area contributed by atoms with Crippen molar-refractivity contribution < 1.29 is 28.7 Å². The molecule has 0 saturated heterocycles. The average molecular weight is 873 g/mol. The van der Waals surface area contributed by atoms with Crippen molar-refractivity contribution in [3.63, 3.8) is 0 Å². The molecule has 340 valence electrons. The minimum Gasteiger partial charge on any atom is -0.469 e. The number of aromatic nitrogens is 4. The molecule has 3 aromatic heterocycles. The highest BCUT2D eigenvalue weighted by Gasteiger charge is 2.53. The molecule has 0 saturated carbocycles. The van der Waals surface area contributed by atoms with Crippen molar-refractivity contribution in [1.82, 2.24) is 39.5 Å². The molecule has 6 rings (SSSR count). The molecule has 2 N–H and O–H groups in total. The second-order valence-electron chi connectivity index (χ2n) is 17.8. The molecule has 3 aromatic rings. The number of carbonyl (C=O) groups is 4. The van der Waals surface area contributed by atoms with E-state index < -0.39 is 23.3 Å². The lowest BCUT2D eigenvalue weighted by Gasteiger charge is -2.36. The third-order valence-corrected chi connectivity index (χ3v) is 13.1. The van der Waals surface area contributed by atoms with E-state index in [4.69, 9.17) is 19.4 Å². The van der Waals surface area contributed by atoms with Gasteiger partial charge in [0.1, 0.15) is 5.92 Å². The van der Waals surface area contributed by atoms with Crippen LogP contribution in [0.15, 0.2) is 48.6 Å². The number of amides is 2. The van der Waals surface area contributed by atoms with Crippen LogP contribution in [0.25, 0.3) is 44.9 Å². The van der Waals surface area contributed by atoms with Crippen LogP contribution in [-0.2, 0) is 40.5 Å². The molecule has 0 fully saturated rings. The summed E-state index contributed by atoms with van der Waals surface area (Å²) < 4.78 is 10.6. The number of nitrogens with zero attached hydrogens (tertiary/aromatic N) is 6. The first-order valence-electron chi connectivity index (χ1n) is 21.8. The van der Waals surface area contributed by atoms with Crippen LogP contribution in [0.2, 0.25) is 0 Å². The molecule has 0 aromatic carbocycles. The molecule has 14 heteroatoms. The number of hydrogen-bond donors (Lipinski definition) is 2. The topological polar surface area (TPSA) is 157 Å². The SMILES string of the molecule is C=Cc1c(C)c2cc3nc(cc4[nH]c(cc5nc(cc1[nH]2)C(C)=C5CCC(=O)N(C)CCN(C)C)c(CCC(=O)N(C)CCN(C)C)c4C)[C@@]1(C)C3=CC=C(C(=O)OC)C1C(=O)OC. The fourth-order valence-electron chi connectivity index (χ4n) is 8.92. The molecular weight excluding hydrogens is 809 g/mol. The number of aromatic amines is 2. The van der Waals surface area contributed by atoms with Crippen LogP contribution < -0.4 is 0 Å². The van der Waals surface area contributed by atoms with E-state index in [1.165, 1.54) is 14.2 Å². The van der Waals surface area contributed by atoms with Crippen LogP contribution in [0.4, 0.5) is 0 Å². The van der Waals surface area contributed by atoms with Gasteiger partial charge >= 0.3 is 11.9 Å². The fourth-order valence-corrected chi connectivity index (χ4v) is 8.92. The fraction of sp³-hybridized carbons (Fsp3) is 0.440. The smallest absolute Gasteiger partial charge is 0.334 e. The van der Waals surface area contributed by atoms with Crippen LogP contribution in [0.1, 0.15) is 78.1 Å². The Morgan fingerprint density at radius 1 is 0.719 bits per heavy atom. The van der Waals surface area contributed by atoms with E-state index in [1.54, 1.807) is 15.9 Å². The second kappa shape index (κ2) is 19.3. The maximum absolute atomic E-state index is 13.9. The van der Waals surface area contributed by atoms with Crippen LogP contribution in [0, 0.1) is 19.8 Å². The molecule has 8 bridgehead atoms. The Labute approximate surface area is 376 Å². The summed E-state index contributed by atoms with van der Waals surface area (Å²) in [7, 11) is 14.2. The molecule has 1 unspecified atom stereocenters. The lowest BCUT2D eigenvalue weighted by Crippen LogP contribution is -2.42. The molecule has 1 aliphatic carbocycles. The van der Waals surface area contributed by atoms with E-state index in [1.807, 2.05) is 111 Å². The summed E-state index contributed by atoms with van der Waals surface area (Å²) in [6.45, 7) is 14.9. The summed E-state index contributed by atoms with van der Waals surface area (Å²) in [4.78, 5) is 79.8. The van der Waals surface area contributed by atoms with Crippen molar-refractivity contribution in [2.24, 2.45) is 5.92 Å². The van der Waals surface area contributed by atoms with Crippen molar-refractivity contribution in [1.29, 1.82) is 0 Å². The van der Waals surface area contributed by atoms with Gasteiger partial charge < -0.3 is 39.0 Å². The van der Waals surface area contributed by atoms with Gasteiger partial charge in [-0.05, 0) is 126 Å². The van der Waals surface area contributed by atoms with Gasteiger partial charge in [0.25, 0.3) is 0 Å². The molecule has 0 spiro atoms. The van der Waals surface area contributed by atoms with Gasteiger partial charge in [0, 0.05) is 80.7 Å². The van der Waals surface area contributed by atoms with Crippen LogP contribution in [0.5, 0.6) is 0 Å². The standard InChI is InChI=1S/C50H64N8O6/c1-14-32-29(2)38-26-43-36-18-15-35(48(61)63-12)47(49(62)64-13)50(36,5)44(54-43)28-39-31(4)34(17-20-46(60)58(11)24-22-56(8)9)42(53-39)27-41-33(30(3)37(52-41)25-40(32)51-38)16-19-45(59)57(10)23-21-55(6)7/h14-15,18,25-28,47,51,53H,1,16-17,19-24H2,2-13H3/t47?,50-/m1/s1. The summed E-state index contributed by atoms with van der Waals surface area (Å²) in [5.41, 5.74) is 11.0. The minimum atomic E-state index is -1.16. The van der Waals surface area contributed by atoms with E-state index in [-0.39, 0.29) is 23.8 Å². The zero-order valence-electron chi connectivity index (χ0n) is 39.6. The highest BCUT2D eigenvalue weighted by molar-refractivity contribution is 6.02. The Bertz CT molecular complexity index is 2650. The molecule has 2 aliphatic heterocycles. The average Bonchev–Trinajstić information content (AvgIpc) is 3.92. The third-order valence-electron chi connectivity index (χ3n) is 13.1. The lowest BCUT2D eigenvalue weighted by atomic mass is 9.64. The zero-order valence-corrected chi connectivity index (χ0v) is 39.6. The number of H-pyrrole nitrogens is 2. The monoisotopic (exact) mass is 872 g/mol. The molecule has 2 atom stereocenters. The lowest BCUT2D eigenvalue weighted by molar-refractivity contribution is -0.149. The summed E-state index contributed by atoms with van der Waals surface area (Å²) >= 11 is 0. The van der Waals surface area contributed by atoms with E-state index in [2.05, 4.69) is 21.4 Å². The van der Waals surface area contributed by atoms with Gasteiger partial charge in [-0.3, -0.25) is 19.4 Å². The highest BCUT2D eigenvalue weighted by atomic mass is 16.5. The van der Waals surface area contributed by atoms with Gasteiger partial charge in [-0.2, -0.15) is 0 Å². The maximum atomic E-state index is 13.9. The second-order valence-corrected chi connectivity index (χ2v) is 17.8. The van der Waals surface area contributed by atoms with E-state index in [9.17, 15) is 19.2 Å². The molecule has 14 nitrogen and oxygen atoms in total. The largest absolute Gasteiger partial charge is 0.469 e. The molecule has 5 heterocycles. The number of hydrogen-bond acceptors (Lipinski definition) is 10. The Kier molecular flexibility index (Phi) is 14.3. The van der Waals surface area contributed by atoms with Crippen molar-refractivity contribution >= 4 is 68.6 Å². The number of rotatable bonds is 15. The van der Waals surface area contributed by atoms with E-state index >= 15 is 0 Å². The molecule has 2 amide bonds. The normalized spacial score (nSPS) is 16.9. The number of aryl methyl sites for hydroxylation is 3. The summed E-state index contributed by atoms with van der Waals surface area (Å²) in [6, 6.07) is 7.95. The Morgan fingerprint density at radius 3 is 1.89 bits per heavy atom. The first kappa shape index (κ1) is 47.4. The van der Waals surface area contributed by atoms with Crippen molar-refractivity contribution in [3.8, 4) is 0 Å². The predicted octanol–water partition coefficient (Wildman–Crippen LogP) is 6.50. The molecular formula is C50H64N8O6. The molecule has 0 radical (unpaired) electrons. The van der Waals surface area contributed by atoms with Crippen LogP contribution >= 0.6 is 0 Å². The minimum absolute atomic E-state index is 0.0232. The van der Waals surface area contributed by atoms with E-state index in [0.717, 1.165) is 85.5 Å².